The smallest absolute Gasteiger partial charge is 0.269 e. The van der Waals surface area contributed by atoms with Crippen LogP contribution >= 0.6 is 0 Å². The predicted octanol–water partition coefficient (Wildman–Crippen LogP) is -12.1. The van der Waals surface area contributed by atoms with Crippen LogP contribution in [-0.2, 0) is 52.1 Å². The standard InChI is InChI=1S/C42H65NO33/c44-5-13-19(49)21(51)27(57)37(67-13)65-10-18-20(50)22(52)28(58)39(72-18)73-34-15(7-46)69-41(30(60)24(34)54)75-36-17(9-48)71-42(32(62)26(36)56)76-35-16(8-47)70-40(31(61)25(35)55)74-33-14(6-45)68-38(29(59)23(33)53)66-12-3-1-11(2-4-12)43(63)64/h1-4,13-42,44-62H,5-10H2/t13-,14-,15-,16-,17-,18-,19+,20-,21+,22+,23-,24-,25-,26-,27-,28-,29-,30-,31-,32-,33-,34-,35-,36-,37-,38+,39-,40-,41-,42-/m1/s1. The van der Waals surface area contributed by atoms with E-state index >= 15 is 0 Å². The van der Waals surface area contributed by atoms with Gasteiger partial charge in [0.2, 0.25) is 6.29 Å². The Labute approximate surface area is 428 Å². The van der Waals surface area contributed by atoms with E-state index in [1.165, 1.54) is 12.1 Å². The largest absolute Gasteiger partial charge is 0.462 e. The minimum Gasteiger partial charge on any atom is -0.462 e. The lowest BCUT2D eigenvalue weighted by Crippen LogP contribution is -2.68. The number of nitro groups is 1. The number of benzene rings is 1. The predicted molar refractivity (Wildman–Crippen MR) is 231 cm³/mol. The molecule has 34 heteroatoms. The van der Waals surface area contributed by atoms with E-state index in [0.29, 0.717) is 0 Å². The van der Waals surface area contributed by atoms with E-state index in [4.69, 9.17) is 56.8 Å². The second-order valence-corrected chi connectivity index (χ2v) is 18.6. The molecule has 7 rings (SSSR count). The average Bonchev–Trinajstić information content (AvgIpc) is 3.42. The minimum atomic E-state index is -2.20. The maximum absolute atomic E-state index is 11.3. The second kappa shape index (κ2) is 26.2. The molecule has 0 saturated carbocycles. The maximum atomic E-state index is 11.3. The fourth-order valence-corrected chi connectivity index (χ4v) is 9.28. The Morgan fingerprint density at radius 1 is 0.368 bits per heavy atom. The molecule has 6 aliphatic heterocycles. The van der Waals surface area contributed by atoms with Crippen molar-refractivity contribution >= 4 is 5.69 Å². The van der Waals surface area contributed by atoms with Gasteiger partial charge in [-0.3, -0.25) is 10.1 Å². The van der Waals surface area contributed by atoms with Crippen molar-refractivity contribution < 1.29 is 159 Å². The van der Waals surface area contributed by atoms with Crippen molar-refractivity contribution in [1.82, 2.24) is 0 Å². The van der Waals surface area contributed by atoms with Gasteiger partial charge in [-0.15, -0.1) is 0 Å². The minimum absolute atomic E-state index is 0.0341. The summed E-state index contributed by atoms with van der Waals surface area (Å²) in [6.45, 7) is -5.55. The first kappa shape index (κ1) is 60.9. The molecule has 0 amide bonds. The van der Waals surface area contributed by atoms with E-state index in [1.54, 1.807) is 0 Å². The van der Waals surface area contributed by atoms with Gasteiger partial charge in [-0.1, -0.05) is 0 Å². The van der Waals surface area contributed by atoms with Gasteiger partial charge in [-0.2, -0.15) is 0 Å². The summed E-state index contributed by atoms with van der Waals surface area (Å²) in [6.07, 6.45) is -56.7. The van der Waals surface area contributed by atoms with Crippen LogP contribution in [0.25, 0.3) is 0 Å². The number of nitro benzene ring substituents is 1. The highest BCUT2D eigenvalue weighted by molar-refractivity contribution is 5.36. The van der Waals surface area contributed by atoms with Gasteiger partial charge in [-0.25, -0.2) is 0 Å². The number of non-ortho nitro benzene ring substituents is 1. The third-order valence-electron chi connectivity index (χ3n) is 13.7. The molecule has 6 heterocycles. The molecule has 0 unspecified atom stereocenters. The van der Waals surface area contributed by atoms with Gasteiger partial charge in [0, 0.05) is 12.1 Å². The number of rotatable bonds is 19. The van der Waals surface area contributed by atoms with E-state index < -0.39 is 229 Å². The van der Waals surface area contributed by atoms with E-state index in [2.05, 4.69) is 0 Å². The molecule has 0 spiro atoms. The SMILES string of the molecule is O=[N+]([O-])c1ccc(O[C@H]2O[C@H](CO)[C@@H](O[C@H]3O[C@H](CO)[C@@H](O[C@H]4O[C@H](CO)[C@@H](O[C@H]5O[C@H](CO)[C@@H](O[C@H]6O[C@H](CO[C@@H]7O[C@H](CO)[C@H](O)[C@H](O)[C@H]7O)[C@@H](O)[C@H](O)[C@H]6O)[C@H](O)[C@H]5O)[C@H](O)[C@H]4O)[C@H](O)[C@H]3O)[C@H](O)[C@H]2O)cc1. The first-order chi connectivity index (χ1) is 36.1. The van der Waals surface area contributed by atoms with Crippen molar-refractivity contribution in [3.63, 3.8) is 0 Å². The molecule has 1 aromatic carbocycles. The van der Waals surface area contributed by atoms with Crippen molar-refractivity contribution in [2.75, 3.05) is 39.6 Å². The maximum Gasteiger partial charge on any atom is 0.269 e. The Bertz CT molecular complexity index is 1960. The second-order valence-electron chi connectivity index (χ2n) is 18.6. The molecule has 30 atom stereocenters. The lowest BCUT2D eigenvalue weighted by Gasteiger charge is -2.49. The Hall–Kier alpha value is -2.78. The summed E-state index contributed by atoms with van der Waals surface area (Å²) in [5, 5.41) is 213. The number of hydrogen-bond acceptors (Lipinski definition) is 33. The molecule has 6 fully saturated rings. The molecule has 6 aliphatic rings. The van der Waals surface area contributed by atoms with E-state index in [0.717, 1.165) is 12.1 Å². The molecular formula is C42H65NO33. The van der Waals surface area contributed by atoms with Gasteiger partial charge in [0.05, 0.1) is 44.6 Å². The van der Waals surface area contributed by atoms with Crippen LogP contribution in [0.15, 0.2) is 24.3 Å². The van der Waals surface area contributed by atoms with Crippen LogP contribution in [-0.4, -0.2) is 326 Å². The summed E-state index contributed by atoms with van der Waals surface area (Å²) in [4.78, 5) is 10.3. The third-order valence-corrected chi connectivity index (χ3v) is 13.7. The van der Waals surface area contributed by atoms with E-state index in [1.807, 2.05) is 0 Å². The van der Waals surface area contributed by atoms with Crippen LogP contribution in [0.5, 0.6) is 5.75 Å². The van der Waals surface area contributed by atoms with Gasteiger partial charge in [-0.05, 0) is 12.1 Å². The monoisotopic (exact) mass is 1110 g/mol. The van der Waals surface area contributed by atoms with Crippen molar-refractivity contribution in [2.45, 2.75) is 184 Å². The molecule has 1 aromatic rings. The quantitative estimate of drug-likeness (QED) is 0.0452. The normalized spacial score (nSPS) is 48.3. The van der Waals surface area contributed by atoms with Crippen molar-refractivity contribution in [2.24, 2.45) is 0 Å². The number of ether oxygens (including phenoxy) is 12. The van der Waals surface area contributed by atoms with Crippen LogP contribution in [0.4, 0.5) is 5.69 Å². The summed E-state index contributed by atoms with van der Waals surface area (Å²) in [5.74, 6) is -0.0341. The van der Waals surface area contributed by atoms with E-state index in [9.17, 15) is 107 Å². The average molecular weight is 1110 g/mol. The summed E-state index contributed by atoms with van der Waals surface area (Å²) in [7, 11) is 0. The van der Waals surface area contributed by atoms with Crippen LogP contribution < -0.4 is 4.74 Å². The third kappa shape index (κ3) is 12.7. The molecule has 76 heavy (non-hydrogen) atoms. The summed E-state index contributed by atoms with van der Waals surface area (Å²) in [5.41, 5.74) is -0.279. The molecule has 19 N–H and O–H groups in total. The lowest BCUT2D eigenvalue weighted by atomic mass is 9.95. The van der Waals surface area contributed by atoms with Crippen LogP contribution in [0.2, 0.25) is 0 Å². The van der Waals surface area contributed by atoms with Crippen LogP contribution in [0, 0.1) is 10.1 Å². The number of aliphatic hydroxyl groups excluding tert-OH is 19. The number of aliphatic hydroxyl groups is 19. The zero-order valence-corrected chi connectivity index (χ0v) is 39.5. The zero-order valence-electron chi connectivity index (χ0n) is 39.5. The van der Waals surface area contributed by atoms with Gasteiger partial charge in [0.15, 0.2) is 31.5 Å². The highest BCUT2D eigenvalue weighted by atomic mass is 16.8. The summed E-state index contributed by atoms with van der Waals surface area (Å²) < 4.78 is 66.9. The molecule has 34 nitrogen and oxygen atoms in total. The molecule has 0 aliphatic carbocycles. The van der Waals surface area contributed by atoms with Gasteiger partial charge < -0.3 is 154 Å². The Morgan fingerprint density at radius 2 is 0.658 bits per heavy atom. The first-order valence-electron chi connectivity index (χ1n) is 23.7. The fourth-order valence-electron chi connectivity index (χ4n) is 9.28. The van der Waals surface area contributed by atoms with Crippen molar-refractivity contribution in [3.8, 4) is 5.75 Å². The molecule has 6 saturated heterocycles. The molecule has 436 valence electrons. The van der Waals surface area contributed by atoms with Gasteiger partial charge >= 0.3 is 0 Å². The number of nitrogens with zero attached hydrogens (tertiary/aromatic N) is 1. The van der Waals surface area contributed by atoms with Crippen molar-refractivity contribution in [1.29, 1.82) is 0 Å². The Kier molecular flexibility index (Phi) is 21.0. The summed E-state index contributed by atoms with van der Waals surface area (Å²) >= 11 is 0. The zero-order chi connectivity index (χ0) is 55.6. The number of hydrogen-bond donors (Lipinski definition) is 19. The Balaban J connectivity index is 0.944. The highest BCUT2D eigenvalue weighted by Gasteiger charge is 2.57. The highest BCUT2D eigenvalue weighted by Crippen LogP contribution is 2.36. The van der Waals surface area contributed by atoms with Gasteiger partial charge in [0.25, 0.3) is 5.69 Å². The molecule has 0 bridgehead atoms. The van der Waals surface area contributed by atoms with Crippen molar-refractivity contribution in [3.05, 3.63) is 34.4 Å². The molecule has 0 aromatic heterocycles. The topological polar surface area (TPSA) is 538 Å². The fraction of sp³-hybridized carbons (Fsp3) is 0.857. The Morgan fingerprint density at radius 3 is 1.01 bits per heavy atom. The van der Waals surface area contributed by atoms with E-state index in [-0.39, 0.29) is 11.4 Å². The van der Waals surface area contributed by atoms with Crippen LogP contribution in [0.3, 0.4) is 0 Å². The van der Waals surface area contributed by atoms with Crippen LogP contribution in [0.1, 0.15) is 0 Å². The lowest BCUT2D eigenvalue weighted by molar-refractivity contribution is -0.393. The molecular weight excluding hydrogens is 1050 g/mol. The van der Waals surface area contributed by atoms with Gasteiger partial charge in [0.1, 0.15) is 152 Å². The molecule has 0 radical (unpaired) electrons. The first-order valence-corrected chi connectivity index (χ1v) is 23.7. The summed E-state index contributed by atoms with van der Waals surface area (Å²) in [6, 6.07) is 4.55.